The minimum absolute atomic E-state index is 0.293. The van der Waals surface area contributed by atoms with E-state index >= 15 is 0 Å². The topological polar surface area (TPSA) is 20.2 Å². The molecule has 0 aromatic heterocycles. The Morgan fingerprint density at radius 2 is 2.12 bits per heavy atom. The van der Waals surface area contributed by atoms with E-state index in [0.29, 0.717) is 5.25 Å². The number of rotatable bonds is 1. The number of benzene rings is 1. The van der Waals surface area contributed by atoms with Gasteiger partial charge in [-0.05, 0) is 43.6 Å². The molecule has 16 heavy (non-hydrogen) atoms. The molecule has 2 rings (SSSR count). The Kier molecular flexibility index (Phi) is 3.32. The summed E-state index contributed by atoms with van der Waals surface area (Å²) in [4.78, 5) is 0. The Balaban J connectivity index is 2.44. The first-order valence-corrected chi connectivity index (χ1v) is 7.00. The third kappa shape index (κ3) is 2.01. The molecule has 0 amide bonds. The lowest BCUT2D eigenvalue weighted by atomic mass is 9.83. The highest BCUT2D eigenvalue weighted by atomic mass is 32.2. The molecule has 0 aliphatic carbocycles. The summed E-state index contributed by atoms with van der Waals surface area (Å²) in [5.41, 5.74) is 2.95. The molecule has 1 N–H and O–H groups in total. The Bertz CT molecular complexity index is 388. The van der Waals surface area contributed by atoms with Gasteiger partial charge in [0.05, 0.1) is 0 Å². The van der Waals surface area contributed by atoms with Gasteiger partial charge in [-0.1, -0.05) is 30.7 Å². The van der Waals surface area contributed by atoms with E-state index in [4.69, 9.17) is 0 Å². The van der Waals surface area contributed by atoms with Crippen LogP contribution in [0.25, 0.3) is 0 Å². The summed E-state index contributed by atoms with van der Waals surface area (Å²) in [6.07, 6.45) is 2.00. The maximum absolute atomic E-state index is 10.9. The van der Waals surface area contributed by atoms with E-state index in [9.17, 15) is 5.11 Å². The highest BCUT2D eigenvalue weighted by molar-refractivity contribution is 8.00. The molecule has 1 aromatic rings. The van der Waals surface area contributed by atoms with Gasteiger partial charge in [-0.2, -0.15) is 11.8 Å². The average Bonchev–Trinajstić information content (AvgIpc) is 2.26. The second-order valence-corrected chi connectivity index (χ2v) is 6.31. The average molecular weight is 236 g/mol. The molecule has 2 atom stereocenters. The minimum atomic E-state index is -0.626. The third-order valence-electron chi connectivity index (χ3n) is 3.60. The Morgan fingerprint density at radius 3 is 2.81 bits per heavy atom. The highest BCUT2D eigenvalue weighted by Crippen LogP contribution is 2.42. The first kappa shape index (κ1) is 12.0. The van der Waals surface area contributed by atoms with Gasteiger partial charge in [-0.3, -0.25) is 0 Å². The van der Waals surface area contributed by atoms with Crippen LogP contribution in [-0.2, 0) is 5.60 Å². The molecule has 1 aliphatic rings. The van der Waals surface area contributed by atoms with Crippen molar-refractivity contribution in [1.82, 2.24) is 0 Å². The monoisotopic (exact) mass is 236 g/mol. The standard InChI is InChI=1S/C14H20OS/c1-10-5-6-11(2)13(9-10)14(15)7-4-8-16-12(14)3/h5-6,9,12,15H,4,7-8H2,1-3H3. The zero-order valence-corrected chi connectivity index (χ0v) is 11.1. The lowest BCUT2D eigenvalue weighted by Gasteiger charge is -2.39. The van der Waals surface area contributed by atoms with Crippen LogP contribution in [0.4, 0.5) is 0 Å². The molecular formula is C14H20OS. The van der Waals surface area contributed by atoms with Crippen LogP contribution in [0.15, 0.2) is 18.2 Å². The first-order chi connectivity index (χ1) is 7.54. The van der Waals surface area contributed by atoms with E-state index in [1.165, 1.54) is 16.9 Å². The molecule has 1 saturated heterocycles. The van der Waals surface area contributed by atoms with Crippen LogP contribution < -0.4 is 0 Å². The van der Waals surface area contributed by atoms with Gasteiger partial charge in [0, 0.05) is 5.25 Å². The van der Waals surface area contributed by atoms with E-state index in [-0.39, 0.29) is 0 Å². The molecule has 1 heterocycles. The van der Waals surface area contributed by atoms with Crippen molar-refractivity contribution in [2.75, 3.05) is 5.75 Å². The molecule has 1 aliphatic heterocycles. The SMILES string of the molecule is Cc1ccc(C)c(C2(O)CCCSC2C)c1. The molecule has 1 nitrogen and oxygen atoms in total. The summed E-state index contributed by atoms with van der Waals surface area (Å²) in [5, 5.41) is 11.2. The van der Waals surface area contributed by atoms with Gasteiger partial charge >= 0.3 is 0 Å². The zero-order valence-electron chi connectivity index (χ0n) is 10.3. The largest absolute Gasteiger partial charge is 0.384 e. The number of thioether (sulfide) groups is 1. The van der Waals surface area contributed by atoms with Crippen molar-refractivity contribution < 1.29 is 5.11 Å². The van der Waals surface area contributed by atoms with Crippen LogP contribution >= 0.6 is 11.8 Å². The van der Waals surface area contributed by atoms with Crippen molar-refractivity contribution >= 4 is 11.8 Å². The Hall–Kier alpha value is -0.470. The summed E-state index contributed by atoms with van der Waals surface area (Å²) in [6, 6.07) is 6.38. The third-order valence-corrected chi connectivity index (χ3v) is 5.02. The first-order valence-electron chi connectivity index (χ1n) is 5.96. The molecule has 0 bridgehead atoms. The molecule has 2 unspecified atom stereocenters. The van der Waals surface area contributed by atoms with Gasteiger partial charge < -0.3 is 5.11 Å². The predicted octanol–water partition coefficient (Wildman–Crippen LogP) is 3.41. The van der Waals surface area contributed by atoms with E-state index < -0.39 is 5.60 Å². The molecule has 2 heteroatoms. The molecule has 1 aromatic carbocycles. The van der Waals surface area contributed by atoms with Gasteiger partial charge in [0.15, 0.2) is 0 Å². The molecule has 0 spiro atoms. The van der Waals surface area contributed by atoms with Crippen molar-refractivity contribution in [3.63, 3.8) is 0 Å². The summed E-state index contributed by atoms with van der Waals surface area (Å²) in [6.45, 7) is 6.33. The number of aliphatic hydroxyl groups is 1. The van der Waals surface area contributed by atoms with Crippen LogP contribution in [0.1, 0.15) is 36.5 Å². The fraction of sp³-hybridized carbons (Fsp3) is 0.571. The fourth-order valence-electron chi connectivity index (χ4n) is 2.50. The summed E-state index contributed by atoms with van der Waals surface area (Å²) >= 11 is 1.88. The second kappa shape index (κ2) is 4.42. The molecule has 0 radical (unpaired) electrons. The van der Waals surface area contributed by atoms with Crippen molar-refractivity contribution in [3.05, 3.63) is 34.9 Å². The quantitative estimate of drug-likeness (QED) is 0.806. The second-order valence-electron chi connectivity index (χ2n) is 4.86. The molecule has 88 valence electrons. The van der Waals surface area contributed by atoms with Crippen LogP contribution in [0.3, 0.4) is 0 Å². The van der Waals surface area contributed by atoms with E-state index in [1.54, 1.807) is 0 Å². The summed E-state index contributed by atoms with van der Waals surface area (Å²) < 4.78 is 0. The molecule has 1 fully saturated rings. The lowest BCUT2D eigenvalue weighted by molar-refractivity contribution is 0.0248. The van der Waals surface area contributed by atoms with Gasteiger partial charge in [-0.25, -0.2) is 0 Å². The molecular weight excluding hydrogens is 216 g/mol. The fourth-order valence-corrected chi connectivity index (χ4v) is 3.68. The smallest absolute Gasteiger partial charge is 0.101 e. The normalized spacial score (nSPS) is 30.4. The Labute approximate surface area is 102 Å². The van der Waals surface area contributed by atoms with Crippen molar-refractivity contribution in [3.8, 4) is 0 Å². The maximum atomic E-state index is 10.9. The number of hydrogen-bond acceptors (Lipinski definition) is 2. The zero-order chi connectivity index (χ0) is 11.8. The predicted molar refractivity (Wildman–Crippen MR) is 71.0 cm³/mol. The lowest BCUT2D eigenvalue weighted by Crippen LogP contribution is -2.39. The highest BCUT2D eigenvalue weighted by Gasteiger charge is 2.39. The van der Waals surface area contributed by atoms with E-state index in [0.717, 1.165) is 18.4 Å². The summed E-state index contributed by atoms with van der Waals surface area (Å²) in [5.74, 6) is 1.17. The summed E-state index contributed by atoms with van der Waals surface area (Å²) in [7, 11) is 0. The van der Waals surface area contributed by atoms with Gasteiger partial charge in [0.2, 0.25) is 0 Å². The van der Waals surface area contributed by atoms with E-state index in [2.05, 4.69) is 39.0 Å². The van der Waals surface area contributed by atoms with Gasteiger partial charge in [-0.15, -0.1) is 0 Å². The van der Waals surface area contributed by atoms with Crippen LogP contribution in [0.2, 0.25) is 0 Å². The van der Waals surface area contributed by atoms with Gasteiger partial charge in [0.25, 0.3) is 0 Å². The van der Waals surface area contributed by atoms with E-state index in [1.807, 2.05) is 11.8 Å². The van der Waals surface area contributed by atoms with Crippen LogP contribution in [0.5, 0.6) is 0 Å². The minimum Gasteiger partial charge on any atom is -0.384 e. The van der Waals surface area contributed by atoms with Crippen molar-refractivity contribution in [2.24, 2.45) is 0 Å². The van der Waals surface area contributed by atoms with Crippen LogP contribution in [-0.4, -0.2) is 16.1 Å². The van der Waals surface area contributed by atoms with Crippen molar-refractivity contribution in [1.29, 1.82) is 0 Å². The molecule has 0 saturated carbocycles. The number of hydrogen-bond donors (Lipinski definition) is 1. The van der Waals surface area contributed by atoms with Crippen LogP contribution in [0, 0.1) is 13.8 Å². The number of aryl methyl sites for hydroxylation is 2. The van der Waals surface area contributed by atoms with Gasteiger partial charge in [0.1, 0.15) is 5.60 Å². The maximum Gasteiger partial charge on any atom is 0.101 e. The van der Waals surface area contributed by atoms with Crippen molar-refractivity contribution in [2.45, 2.75) is 44.5 Å². The Morgan fingerprint density at radius 1 is 1.38 bits per heavy atom.